The normalized spacial score (nSPS) is 12.2. The van der Waals surface area contributed by atoms with Gasteiger partial charge in [-0.1, -0.05) is 23.9 Å². The monoisotopic (exact) mass is 319 g/mol. The van der Waals surface area contributed by atoms with Crippen molar-refractivity contribution in [2.24, 2.45) is 0 Å². The molecule has 0 fully saturated rings. The molecule has 2 N–H and O–H groups in total. The van der Waals surface area contributed by atoms with Crippen molar-refractivity contribution in [3.63, 3.8) is 0 Å². The number of carboxylic acids is 1. The SMILES string of the molecule is COC(CNC(=O)c1ccccc1SC(F)F)CC(=O)O. The molecule has 0 bridgehead atoms. The first-order valence-electron chi connectivity index (χ1n) is 6.00. The molecule has 5 nitrogen and oxygen atoms in total. The van der Waals surface area contributed by atoms with Crippen LogP contribution in [0.2, 0.25) is 0 Å². The first-order chi connectivity index (χ1) is 9.93. The van der Waals surface area contributed by atoms with Gasteiger partial charge in [0.25, 0.3) is 11.7 Å². The first kappa shape index (κ1) is 17.4. The lowest BCUT2D eigenvalue weighted by Gasteiger charge is -2.15. The molecule has 116 valence electrons. The van der Waals surface area contributed by atoms with E-state index in [4.69, 9.17) is 9.84 Å². The molecule has 1 amide bonds. The van der Waals surface area contributed by atoms with Crippen LogP contribution in [0.25, 0.3) is 0 Å². The van der Waals surface area contributed by atoms with Crippen LogP contribution in [0, 0.1) is 0 Å². The third-order valence-electron chi connectivity index (χ3n) is 2.57. The van der Waals surface area contributed by atoms with E-state index < -0.39 is 23.7 Å². The topological polar surface area (TPSA) is 75.6 Å². The lowest BCUT2D eigenvalue weighted by Crippen LogP contribution is -2.34. The summed E-state index contributed by atoms with van der Waals surface area (Å²) in [5.41, 5.74) is 0.118. The number of halogens is 2. The summed E-state index contributed by atoms with van der Waals surface area (Å²) in [4.78, 5) is 22.7. The summed E-state index contributed by atoms with van der Waals surface area (Å²) < 4.78 is 29.8. The number of rotatable bonds is 8. The van der Waals surface area contributed by atoms with Crippen molar-refractivity contribution in [2.75, 3.05) is 13.7 Å². The summed E-state index contributed by atoms with van der Waals surface area (Å²) in [6.45, 7) is -0.0185. The van der Waals surface area contributed by atoms with Gasteiger partial charge in [-0.15, -0.1) is 0 Å². The van der Waals surface area contributed by atoms with Crippen LogP contribution in [0.15, 0.2) is 29.2 Å². The Morgan fingerprint density at radius 2 is 2.05 bits per heavy atom. The highest BCUT2D eigenvalue weighted by Crippen LogP contribution is 2.28. The smallest absolute Gasteiger partial charge is 0.306 e. The van der Waals surface area contributed by atoms with Gasteiger partial charge in [0, 0.05) is 18.6 Å². The number of hydrogen-bond acceptors (Lipinski definition) is 4. The number of nitrogens with one attached hydrogen (secondary N) is 1. The van der Waals surface area contributed by atoms with Crippen LogP contribution in [0.5, 0.6) is 0 Å². The highest BCUT2D eigenvalue weighted by molar-refractivity contribution is 7.99. The van der Waals surface area contributed by atoms with E-state index in [2.05, 4.69) is 5.32 Å². The van der Waals surface area contributed by atoms with Gasteiger partial charge in [-0.3, -0.25) is 9.59 Å². The second-order valence-electron chi connectivity index (χ2n) is 4.04. The number of carbonyl (C=O) groups is 2. The molecule has 1 rings (SSSR count). The van der Waals surface area contributed by atoms with Gasteiger partial charge in [-0.2, -0.15) is 8.78 Å². The molecule has 1 atom stereocenters. The van der Waals surface area contributed by atoms with Crippen molar-refractivity contribution in [3.8, 4) is 0 Å². The number of hydrogen-bond donors (Lipinski definition) is 2. The summed E-state index contributed by atoms with van der Waals surface area (Å²) in [5.74, 6) is -4.23. The molecule has 1 unspecified atom stereocenters. The highest BCUT2D eigenvalue weighted by Gasteiger charge is 2.17. The van der Waals surface area contributed by atoms with Crippen molar-refractivity contribution in [1.82, 2.24) is 5.32 Å². The van der Waals surface area contributed by atoms with Crippen molar-refractivity contribution in [1.29, 1.82) is 0 Å². The molecule has 0 saturated carbocycles. The van der Waals surface area contributed by atoms with Gasteiger partial charge < -0.3 is 15.2 Å². The average molecular weight is 319 g/mol. The summed E-state index contributed by atoms with van der Waals surface area (Å²) in [6.07, 6.45) is -0.939. The van der Waals surface area contributed by atoms with Gasteiger partial charge in [-0.05, 0) is 12.1 Å². The third kappa shape index (κ3) is 6.09. The fourth-order valence-electron chi connectivity index (χ4n) is 1.59. The molecule has 0 aromatic heterocycles. The molecule has 0 aliphatic rings. The van der Waals surface area contributed by atoms with Crippen LogP contribution < -0.4 is 5.32 Å². The number of thioether (sulfide) groups is 1. The number of carbonyl (C=O) groups excluding carboxylic acids is 1. The maximum atomic E-state index is 12.4. The quantitative estimate of drug-likeness (QED) is 0.719. The molecular weight excluding hydrogens is 304 g/mol. The summed E-state index contributed by atoms with van der Waals surface area (Å²) in [5, 5.41) is 11.1. The minimum absolute atomic E-state index is 0.0185. The van der Waals surface area contributed by atoms with Gasteiger partial charge in [0.2, 0.25) is 0 Å². The number of ether oxygens (including phenoxy) is 1. The Bertz CT molecular complexity index is 499. The molecule has 1 aromatic carbocycles. The van der Waals surface area contributed by atoms with E-state index in [1.807, 2.05) is 0 Å². The molecule has 1 aromatic rings. The largest absolute Gasteiger partial charge is 0.481 e. The number of carboxylic acid groups (broad SMARTS) is 1. The molecule has 0 aliphatic carbocycles. The van der Waals surface area contributed by atoms with Crippen LogP contribution in [0.3, 0.4) is 0 Å². The summed E-state index contributed by atoms with van der Waals surface area (Å²) >= 11 is 0.285. The Labute approximate surface area is 124 Å². The van der Waals surface area contributed by atoms with Crippen LogP contribution in [0.4, 0.5) is 8.78 Å². The van der Waals surface area contributed by atoms with Crippen molar-refractivity contribution >= 4 is 23.6 Å². The third-order valence-corrected chi connectivity index (χ3v) is 3.36. The second kappa shape index (κ2) is 8.58. The fraction of sp³-hybridized carbons (Fsp3) is 0.385. The number of amides is 1. The maximum Gasteiger partial charge on any atom is 0.306 e. The highest BCUT2D eigenvalue weighted by atomic mass is 32.2. The Morgan fingerprint density at radius 1 is 1.38 bits per heavy atom. The van der Waals surface area contributed by atoms with Crippen LogP contribution >= 0.6 is 11.8 Å². The predicted molar refractivity (Wildman–Crippen MR) is 73.7 cm³/mol. The molecular formula is C13H15F2NO4S. The van der Waals surface area contributed by atoms with Crippen LogP contribution in [-0.2, 0) is 9.53 Å². The predicted octanol–water partition coefficient (Wildman–Crippen LogP) is 2.22. The Kier molecular flexibility index (Phi) is 7.10. The van der Waals surface area contributed by atoms with E-state index in [0.29, 0.717) is 0 Å². The lowest BCUT2D eigenvalue weighted by molar-refractivity contribution is -0.139. The minimum atomic E-state index is -2.63. The molecule has 21 heavy (non-hydrogen) atoms. The number of alkyl halides is 2. The van der Waals surface area contributed by atoms with Crippen LogP contribution in [0.1, 0.15) is 16.8 Å². The Balaban J connectivity index is 2.69. The van der Waals surface area contributed by atoms with E-state index in [1.54, 1.807) is 12.1 Å². The van der Waals surface area contributed by atoms with Gasteiger partial charge in [0.05, 0.1) is 18.1 Å². The molecule has 0 radical (unpaired) electrons. The second-order valence-corrected chi connectivity index (χ2v) is 5.07. The van der Waals surface area contributed by atoms with Crippen LogP contribution in [-0.4, -0.2) is 42.5 Å². The first-order valence-corrected chi connectivity index (χ1v) is 6.88. The molecule has 8 heteroatoms. The van der Waals surface area contributed by atoms with Gasteiger partial charge in [0.15, 0.2) is 0 Å². The number of methoxy groups -OCH3 is 1. The van der Waals surface area contributed by atoms with Gasteiger partial charge in [0.1, 0.15) is 0 Å². The Morgan fingerprint density at radius 3 is 2.62 bits per heavy atom. The molecule has 0 spiro atoms. The van der Waals surface area contributed by atoms with E-state index >= 15 is 0 Å². The van der Waals surface area contributed by atoms with E-state index in [1.165, 1.54) is 19.2 Å². The number of benzene rings is 1. The van der Waals surface area contributed by atoms with Gasteiger partial charge in [-0.25, -0.2) is 0 Å². The summed E-state index contributed by atoms with van der Waals surface area (Å²) in [7, 11) is 1.33. The van der Waals surface area contributed by atoms with E-state index in [0.717, 1.165) is 0 Å². The standard InChI is InChI=1S/C13H15F2NO4S/c1-20-8(6-11(17)18)7-16-12(19)9-4-2-3-5-10(9)21-13(14)15/h2-5,8,13H,6-7H2,1H3,(H,16,19)(H,17,18). The summed E-state index contributed by atoms with van der Waals surface area (Å²) in [6, 6.07) is 5.98. The zero-order valence-corrected chi connectivity index (χ0v) is 12.0. The fourth-order valence-corrected chi connectivity index (χ4v) is 2.23. The van der Waals surface area contributed by atoms with E-state index in [-0.39, 0.29) is 35.2 Å². The zero-order valence-electron chi connectivity index (χ0n) is 11.2. The minimum Gasteiger partial charge on any atom is -0.481 e. The average Bonchev–Trinajstić information content (AvgIpc) is 2.42. The lowest BCUT2D eigenvalue weighted by atomic mass is 10.2. The molecule has 0 aliphatic heterocycles. The molecule has 0 saturated heterocycles. The van der Waals surface area contributed by atoms with Crippen molar-refractivity contribution in [3.05, 3.63) is 29.8 Å². The zero-order chi connectivity index (χ0) is 15.8. The van der Waals surface area contributed by atoms with Crippen molar-refractivity contribution in [2.45, 2.75) is 23.2 Å². The molecule has 0 heterocycles. The van der Waals surface area contributed by atoms with E-state index in [9.17, 15) is 18.4 Å². The van der Waals surface area contributed by atoms with Crippen molar-refractivity contribution < 1.29 is 28.2 Å². The van der Waals surface area contributed by atoms with Gasteiger partial charge >= 0.3 is 5.97 Å². The number of aliphatic carboxylic acids is 1. The maximum absolute atomic E-state index is 12.4. The Hall–Kier alpha value is -1.67.